The Labute approximate surface area is 109 Å². The molecule has 2 atom stereocenters. The Kier molecular flexibility index (Phi) is 2.62. The van der Waals surface area contributed by atoms with E-state index >= 15 is 0 Å². The molecular formula is C17H19N. The highest BCUT2D eigenvalue weighted by Gasteiger charge is 2.28. The van der Waals surface area contributed by atoms with E-state index in [1.807, 2.05) is 0 Å². The summed E-state index contributed by atoms with van der Waals surface area (Å²) in [5.41, 5.74) is 5.32. The number of benzene rings is 1. The number of anilines is 1. The van der Waals surface area contributed by atoms with Crippen molar-refractivity contribution in [3.8, 4) is 0 Å². The molecule has 1 aromatic rings. The minimum absolute atomic E-state index is 0.454. The third kappa shape index (κ3) is 1.90. The largest absolute Gasteiger partial charge is 0.340 e. The van der Waals surface area contributed by atoms with Crippen molar-refractivity contribution in [3.63, 3.8) is 0 Å². The van der Waals surface area contributed by atoms with Gasteiger partial charge in [0.25, 0.3) is 0 Å². The summed E-state index contributed by atoms with van der Waals surface area (Å²) in [5.74, 6) is 0.524. The summed E-state index contributed by atoms with van der Waals surface area (Å²) < 4.78 is 0. The van der Waals surface area contributed by atoms with Crippen LogP contribution in [0.25, 0.3) is 0 Å². The predicted molar refractivity (Wildman–Crippen MR) is 77.7 cm³/mol. The van der Waals surface area contributed by atoms with E-state index in [4.69, 9.17) is 0 Å². The van der Waals surface area contributed by atoms with E-state index in [-0.39, 0.29) is 0 Å². The van der Waals surface area contributed by atoms with Gasteiger partial charge in [0.1, 0.15) is 0 Å². The maximum atomic E-state index is 2.38. The number of fused-ring (bicyclic) bond motifs is 1. The Morgan fingerprint density at radius 2 is 1.67 bits per heavy atom. The van der Waals surface area contributed by atoms with E-state index in [1.54, 1.807) is 0 Å². The molecule has 18 heavy (non-hydrogen) atoms. The van der Waals surface area contributed by atoms with Crippen molar-refractivity contribution in [2.45, 2.75) is 26.8 Å². The molecule has 0 fully saturated rings. The van der Waals surface area contributed by atoms with Crippen LogP contribution in [0.3, 0.4) is 0 Å². The van der Waals surface area contributed by atoms with E-state index < -0.39 is 0 Å². The monoisotopic (exact) mass is 237 g/mol. The SMILES string of the molecule is CC1=CC2C=CN(c3cc(C)cc(C)c3)C2C=C1. The summed E-state index contributed by atoms with van der Waals surface area (Å²) in [6, 6.07) is 7.20. The molecule has 0 spiro atoms. The predicted octanol–water partition coefficient (Wildman–Crippen LogP) is 4.14. The number of hydrogen-bond acceptors (Lipinski definition) is 1. The number of aryl methyl sites for hydroxylation is 2. The highest BCUT2D eigenvalue weighted by atomic mass is 15.2. The van der Waals surface area contributed by atoms with Crippen LogP contribution in [-0.4, -0.2) is 6.04 Å². The zero-order valence-corrected chi connectivity index (χ0v) is 11.2. The summed E-state index contributed by atoms with van der Waals surface area (Å²) in [6.45, 7) is 6.49. The van der Waals surface area contributed by atoms with E-state index in [2.05, 4.69) is 74.4 Å². The third-order valence-electron chi connectivity index (χ3n) is 3.70. The lowest BCUT2D eigenvalue weighted by molar-refractivity contribution is 0.696. The fourth-order valence-corrected chi connectivity index (χ4v) is 2.93. The topological polar surface area (TPSA) is 3.24 Å². The van der Waals surface area contributed by atoms with Gasteiger partial charge in [0.05, 0.1) is 6.04 Å². The first-order valence-corrected chi connectivity index (χ1v) is 6.55. The van der Waals surface area contributed by atoms with Crippen LogP contribution in [0.4, 0.5) is 5.69 Å². The Morgan fingerprint density at radius 3 is 2.39 bits per heavy atom. The molecule has 0 aromatic heterocycles. The molecule has 92 valence electrons. The molecule has 1 aliphatic heterocycles. The van der Waals surface area contributed by atoms with Gasteiger partial charge < -0.3 is 4.90 Å². The van der Waals surface area contributed by atoms with Crippen molar-refractivity contribution >= 4 is 5.69 Å². The smallest absolute Gasteiger partial charge is 0.0617 e. The Bertz CT molecular complexity index is 543. The summed E-state index contributed by atoms with van der Waals surface area (Å²) >= 11 is 0. The van der Waals surface area contributed by atoms with Crippen LogP contribution in [0, 0.1) is 19.8 Å². The number of nitrogens with zero attached hydrogens (tertiary/aromatic N) is 1. The lowest BCUT2D eigenvalue weighted by Gasteiger charge is -2.29. The van der Waals surface area contributed by atoms with Crippen LogP contribution in [0.2, 0.25) is 0 Å². The quantitative estimate of drug-likeness (QED) is 0.709. The molecular weight excluding hydrogens is 218 g/mol. The minimum atomic E-state index is 0.454. The fraction of sp³-hybridized carbons (Fsp3) is 0.294. The third-order valence-corrected chi connectivity index (χ3v) is 3.70. The molecule has 0 amide bonds. The van der Waals surface area contributed by atoms with Gasteiger partial charge in [0.2, 0.25) is 0 Å². The second-order valence-corrected chi connectivity index (χ2v) is 5.43. The molecule has 0 bridgehead atoms. The van der Waals surface area contributed by atoms with Gasteiger partial charge in [-0.3, -0.25) is 0 Å². The van der Waals surface area contributed by atoms with Gasteiger partial charge in [0, 0.05) is 17.8 Å². The first-order valence-electron chi connectivity index (χ1n) is 6.55. The van der Waals surface area contributed by atoms with Crippen LogP contribution in [-0.2, 0) is 0 Å². The molecule has 1 aromatic carbocycles. The molecule has 2 aliphatic rings. The van der Waals surface area contributed by atoms with Gasteiger partial charge in [-0.25, -0.2) is 0 Å². The van der Waals surface area contributed by atoms with Crippen molar-refractivity contribution in [2.24, 2.45) is 5.92 Å². The lowest BCUT2D eigenvalue weighted by Crippen LogP contribution is -2.30. The standard InChI is InChI=1S/C17H19N/c1-12-4-5-17-15(9-12)6-7-18(17)16-10-13(2)8-14(3)11-16/h4-11,15,17H,1-3H3. The highest BCUT2D eigenvalue weighted by Crippen LogP contribution is 2.33. The zero-order chi connectivity index (χ0) is 12.7. The molecule has 1 aliphatic carbocycles. The van der Waals surface area contributed by atoms with Crippen molar-refractivity contribution in [2.75, 3.05) is 4.90 Å². The summed E-state index contributed by atoms with van der Waals surface area (Å²) in [7, 11) is 0. The molecule has 3 rings (SSSR count). The molecule has 0 radical (unpaired) electrons. The first kappa shape index (κ1) is 11.3. The summed E-state index contributed by atoms with van der Waals surface area (Å²) in [6.07, 6.45) is 11.4. The van der Waals surface area contributed by atoms with E-state index in [0.717, 1.165) is 0 Å². The van der Waals surface area contributed by atoms with Crippen molar-refractivity contribution in [1.29, 1.82) is 0 Å². The second-order valence-electron chi connectivity index (χ2n) is 5.43. The molecule has 1 nitrogen and oxygen atoms in total. The van der Waals surface area contributed by atoms with Gasteiger partial charge in [-0.2, -0.15) is 0 Å². The van der Waals surface area contributed by atoms with Crippen molar-refractivity contribution < 1.29 is 0 Å². The number of rotatable bonds is 1. The molecule has 0 N–H and O–H groups in total. The Morgan fingerprint density at radius 1 is 0.944 bits per heavy atom. The van der Waals surface area contributed by atoms with E-state index in [1.165, 1.54) is 22.4 Å². The summed E-state index contributed by atoms with van der Waals surface area (Å²) in [4.78, 5) is 2.38. The average Bonchev–Trinajstić information content (AvgIpc) is 2.70. The normalized spacial score (nSPS) is 25.3. The second kappa shape index (κ2) is 4.16. The van der Waals surface area contributed by atoms with Gasteiger partial charge in [-0.15, -0.1) is 0 Å². The Hall–Kier alpha value is -1.76. The average molecular weight is 237 g/mol. The fourth-order valence-electron chi connectivity index (χ4n) is 2.93. The van der Waals surface area contributed by atoms with Crippen LogP contribution >= 0.6 is 0 Å². The van der Waals surface area contributed by atoms with Crippen LogP contribution in [0.1, 0.15) is 18.1 Å². The molecule has 0 saturated carbocycles. The van der Waals surface area contributed by atoms with Gasteiger partial charge >= 0.3 is 0 Å². The number of allylic oxidation sites excluding steroid dienone is 2. The number of hydrogen-bond donors (Lipinski definition) is 0. The lowest BCUT2D eigenvalue weighted by atomic mass is 9.93. The summed E-state index contributed by atoms with van der Waals surface area (Å²) in [5, 5.41) is 0. The highest BCUT2D eigenvalue weighted by molar-refractivity contribution is 5.58. The van der Waals surface area contributed by atoms with Crippen LogP contribution < -0.4 is 4.90 Å². The van der Waals surface area contributed by atoms with Crippen molar-refractivity contribution in [1.82, 2.24) is 0 Å². The van der Waals surface area contributed by atoms with Gasteiger partial charge in [-0.1, -0.05) is 35.9 Å². The molecule has 1 heterocycles. The van der Waals surface area contributed by atoms with E-state index in [0.29, 0.717) is 12.0 Å². The maximum Gasteiger partial charge on any atom is 0.0617 e. The molecule has 0 saturated heterocycles. The van der Waals surface area contributed by atoms with Crippen molar-refractivity contribution in [3.05, 3.63) is 65.4 Å². The first-order chi connectivity index (χ1) is 8.63. The maximum absolute atomic E-state index is 2.38. The van der Waals surface area contributed by atoms with Crippen LogP contribution in [0.15, 0.2) is 54.3 Å². The van der Waals surface area contributed by atoms with Crippen LogP contribution in [0.5, 0.6) is 0 Å². The molecule has 2 unspecified atom stereocenters. The zero-order valence-electron chi connectivity index (χ0n) is 11.2. The van der Waals surface area contributed by atoms with E-state index in [9.17, 15) is 0 Å². The van der Waals surface area contributed by atoms with Gasteiger partial charge in [0.15, 0.2) is 0 Å². The minimum Gasteiger partial charge on any atom is -0.340 e. The molecule has 1 heteroatoms. The van der Waals surface area contributed by atoms with Gasteiger partial charge in [-0.05, 0) is 44.0 Å². The Balaban J connectivity index is 1.95.